The molecule has 4 aromatic rings. The van der Waals surface area contributed by atoms with Crippen LogP contribution in [0.15, 0.2) is 127 Å². The number of oxime groups is 2. The molecule has 194 valence electrons. The minimum Gasteiger partial charge on any atom is -0.463 e. The van der Waals surface area contributed by atoms with Gasteiger partial charge in [-0.25, -0.2) is 0 Å². The summed E-state index contributed by atoms with van der Waals surface area (Å²) in [7, 11) is -8.77. The molecule has 0 radical (unpaired) electrons. The van der Waals surface area contributed by atoms with E-state index in [1.165, 1.54) is 85.3 Å². The van der Waals surface area contributed by atoms with Gasteiger partial charge in [0.05, 0.1) is 12.5 Å². The van der Waals surface area contributed by atoms with Crippen molar-refractivity contribution in [3.8, 4) is 0 Å². The Bertz CT molecular complexity index is 1550. The highest BCUT2D eigenvalue weighted by molar-refractivity contribution is 7.87. The molecule has 2 aromatic heterocycles. The number of rotatable bonds is 11. The van der Waals surface area contributed by atoms with Crippen molar-refractivity contribution < 1.29 is 34.2 Å². The van der Waals surface area contributed by atoms with Gasteiger partial charge < -0.3 is 8.83 Å². The van der Waals surface area contributed by atoms with Crippen LogP contribution < -0.4 is 0 Å². The van der Waals surface area contributed by atoms with Crippen molar-refractivity contribution in [2.45, 2.75) is 9.79 Å². The van der Waals surface area contributed by atoms with Crippen molar-refractivity contribution in [1.29, 1.82) is 0 Å². The Morgan fingerprint density at radius 1 is 0.632 bits per heavy atom. The average Bonchev–Trinajstić information content (AvgIpc) is 3.66. The Hall–Kier alpha value is -4.68. The molecule has 0 atom stereocenters. The standard InChI is InChI=1S/C26H20N2O8S2/c1-3-19-9-13-21(14-10-19)37(29,30)35-27-25(23-7-5-17-33-23)26(24-8-6-18-34-24)28-36-38(31,32)22-15-11-20(4-2)12-16-22/h3-18H,1-2H2. The van der Waals surface area contributed by atoms with Gasteiger partial charge >= 0.3 is 20.2 Å². The van der Waals surface area contributed by atoms with E-state index in [1.807, 2.05) is 0 Å². The third-order valence-electron chi connectivity index (χ3n) is 5.00. The lowest BCUT2D eigenvalue weighted by Crippen LogP contribution is -2.19. The molecule has 2 heterocycles. The Balaban J connectivity index is 1.74. The summed E-state index contributed by atoms with van der Waals surface area (Å²) >= 11 is 0. The van der Waals surface area contributed by atoms with E-state index in [1.54, 1.807) is 12.2 Å². The van der Waals surface area contributed by atoms with Gasteiger partial charge in [0.25, 0.3) is 0 Å². The normalized spacial score (nSPS) is 12.6. The molecule has 0 fully saturated rings. The summed E-state index contributed by atoms with van der Waals surface area (Å²) < 4.78 is 71.7. The first-order chi connectivity index (χ1) is 18.2. The molecule has 12 heteroatoms. The molecule has 0 spiro atoms. The number of benzene rings is 2. The average molecular weight is 553 g/mol. The highest BCUT2D eigenvalue weighted by Crippen LogP contribution is 2.19. The highest BCUT2D eigenvalue weighted by Gasteiger charge is 2.26. The van der Waals surface area contributed by atoms with E-state index in [0.29, 0.717) is 11.1 Å². The monoisotopic (exact) mass is 552 g/mol. The van der Waals surface area contributed by atoms with E-state index in [-0.39, 0.29) is 32.7 Å². The van der Waals surface area contributed by atoms with E-state index in [9.17, 15) is 16.8 Å². The molecule has 0 amide bonds. The van der Waals surface area contributed by atoms with E-state index in [2.05, 4.69) is 23.5 Å². The first-order valence-electron chi connectivity index (χ1n) is 10.8. The molecule has 38 heavy (non-hydrogen) atoms. The maximum absolute atomic E-state index is 12.8. The third kappa shape index (κ3) is 5.99. The lowest BCUT2D eigenvalue weighted by Gasteiger charge is -2.08. The summed E-state index contributed by atoms with van der Waals surface area (Å²) in [6.07, 6.45) is 5.70. The maximum atomic E-state index is 12.8. The first-order valence-corrected chi connectivity index (χ1v) is 13.6. The fourth-order valence-electron chi connectivity index (χ4n) is 3.04. The third-order valence-corrected chi connectivity index (χ3v) is 7.24. The topological polar surface area (TPSA) is 138 Å². The van der Waals surface area contributed by atoms with E-state index >= 15 is 0 Å². The predicted molar refractivity (Wildman–Crippen MR) is 140 cm³/mol. The van der Waals surface area contributed by atoms with Crippen LogP contribution in [-0.4, -0.2) is 28.3 Å². The van der Waals surface area contributed by atoms with Crippen molar-refractivity contribution in [3.05, 3.63) is 121 Å². The van der Waals surface area contributed by atoms with Gasteiger partial charge in [0.1, 0.15) is 9.79 Å². The quantitative estimate of drug-likeness (QED) is 0.186. The van der Waals surface area contributed by atoms with Crippen LogP contribution in [0.3, 0.4) is 0 Å². The number of hydrogen-bond acceptors (Lipinski definition) is 10. The second kappa shape index (κ2) is 11.2. The minimum absolute atomic E-state index is 0.00584. The van der Waals surface area contributed by atoms with Crippen LogP contribution in [0.1, 0.15) is 22.6 Å². The van der Waals surface area contributed by atoms with Gasteiger partial charge in [0.2, 0.25) is 0 Å². The van der Waals surface area contributed by atoms with Crippen molar-refractivity contribution in [2.75, 3.05) is 0 Å². The van der Waals surface area contributed by atoms with Gasteiger partial charge in [-0.2, -0.15) is 16.8 Å². The molecule has 4 rings (SSSR count). The van der Waals surface area contributed by atoms with E-state index in [4.69, 9.17) is 17.4 Å². The molecule has 0 unspecified atom stereocenters. The second-order valence-corrected chi connectivity index (χ2v) is 10.5. The summed E-state index contributed by atoms with van der Waals surface area (Å²) in [5, 5.41) is 7.49. The Morgan fingerprint density at radius 3 is 1.29 bits per heavy atom. The zero-order valence-corrected chi connectivity index (χ0v) is 21.3. The molecule has 0 saturated heterocycles. The van der Waals surface area contributed by atoms with Gasteiger partial charge in [-0.05, 0) is 59.7 Å². The lowest BCUT2D eigenvalue weighted by molar-refractivity contribution is 0.333. The molecule has 10 nitrogen and oxygen atoms in total. The molecule has 0 saturated carbocycles. The van der Waals surface area contributed by atoms with Crippen LogP contribution in [0.25, 0.3) is 12.2 Å². The maximum Gasteiger partial charge on any atom is 0.358 e. The van der Waals surface area contributed by atoms with Crippen LogP contribution in [-0.2, 0) is 28.8 Å². The van der Waals surface area contributed by atoms with Crippen molar-refractivity contribution in [3.63, 3.8) is 0 Å². The van der Waals surface area contributed by atoms with Gasteiger partial charge in [-0.3, -0.25) is 8.57 Å². The SMILES string of the molecule is C=Cc1ccc(S(=O)(=O)ON=C(C(=NOS(=O)(=O)c2ccc(C=C)cc2)c2ccco2)c2ccco2)cc1. The lowest BCUT2D eigenvalue weighted by atomic mass is 10.1. The summed E-state index contributed by atoms with van der Waals surface area (Å²) in [5.74, 6) is -0.0117. The van der Waals surface area contributed by atoms with E-state index in [0.717, 1.165) is 0 Å². The zero-order valence-electron chi connectivity index (χ0n) is 19.6. The van der Waals surface area contributed by atoms with Crippen LogP contribution >= 0.6 is 0 Å². The Labute approximate surface area is 219 Å². The smallest absolute Gasteiger partial charge is 0.358 e. The van der Waals surface area contributed by atoms with Gasteiger partial charge in [0.15, 0.2) is 22.9 Å². The summed E-state index contributed by atoms with van der Waals surface area (Å²) in [6, 6.07) is 17.3. The minimum atomic E-state index is -4.38. The number of nitrogens with zero attached hydrogens (tertiary/aromatic N) is 2. The molecular weight excluding hydrogens is 532 g/mol. The van der Waals surface area contributed by atoms with Crippen molar-refractivity contribution >= 4 is 43.8 Å². The van der Waals surface area contributed by atoms with Gasteiger partial charge in [-0.1, -0.05) is 59.9 Å². The second-order valence-electron chi connectivity index (χ2n) is 7.44. The molecule has 0 N–H and O–H groups in total. The first kappa shape index (κ1) is 26.4. The molecule has 0 aliphatic rings. The molecular formula is C26H20N2O8S2. The molecule has 0 aliphatic carbocycles. The fourth-order valence-corrected chi connectivity index (χ4v) is 4.49. The Morgan fingerprint density at radius 2 is 1.00 bits per heavy atom. The Kier molecular flexibility index (Phi) is 7.74. The van der Waals surface area contributed by atoms with E-state index < -0.39 is 20.2 Å². The summed E-state index contributed by atoms with van der Waals surface area (Å²) in [6.45, 7) is 7.25. The summed E-state index contributed by atoms with van der Waals surface area (Å²) in [5.41, 5.74) is 0.781. The molecule has 0 aliphatic heterocycles. The fraction of sp³-hybridized carbons (Fsp3) is 0. The number of furan rings is 2. The predicted octanol–water partition coefficient (Wildman–Crippen LogP) is 5.08. The molecule has 2 aromatic carbocycles. The van der Waals surface area contributed by atoms with Crippen LogP contribution in [0.4, 0.5) is 0 Å². The number of hydrogen-bond donors (Lipinski definition) is 0. The largest absolute Gasteiger partial charge is 0.463 e. The molecule has 0 bridgehead atoms. The van der Waals surface area contributed by atoms with Crippen LogP contribution in [0, 0.1) is 0 Å². The zero-order chi connectivity index (χ0) is 27.2. The highest BCUT2D eigenvalue weighted by atomic mass is 32.2. The van der Waals surface area contributed by atoms with Crippen LogP contribution in [0.5, 0.6) is 0 Å². The van der Waals surface area contributed by atoms with Crippen LogP contribution in [0.2, 0.25) is 0 Å². The van der Waals surface area contributed by atoms with Gasteiger partial charge in [0, 0.05) is 0 Å². The van der Waals surface area contributed by atoms with Crippen molar-refractivity contribution in [1.82, 2.24) is 0 Å². The van der Waals surface area contributed by atoms with Gasteiger partial charge in [-0.15, -0.1) is 0 Å². The summed E-state index contributed by atoms with van der Waals surface area (Å²) in [4.78, 5) is -0.354. The van der Waals surface area contributed by atoms with Crippen molar-refractivity contribution in [2.24, 2.45) is 10.3 Å².